The molecule has 2 heterocycles. The Balaban J connectivity index is 1.82. The van der Waals surface area contributed by atoms with Gasteiger partial charge in [0, 0.05) is 27.1 Å². The van der Waals surface area contributed by atoms with Gasteiger partial charge >= 0.3 is 0 Å². The lowest BCUT2D eigenvalue weighted by atomic mass is 9.98. The van der Waals surface area contributed by atoms with Crippen LogP contribution in [-0.4, -0.2) is 82.7 Å². The summed E-state index contributed by atoms with van der Waals surface area (Å²) in [5, 5.41) is 13.5. The number of carbonyl (C=O) groups excluding carboxylic acids is 2. The second-order valence-corrected chi connectivity index (χ2v) is 7.90. The van der Waals surface area contributed by atoms with Crippen molar-refractivity contribution in [3.05, 3.63) is 29.8 Å². The van der Waals surface area contributed by atoms with Crippen LogP contribution in [-0.2, 0) is 16.0 Å². The predicted octanol–water partition coefficient (Wildman–Crippen LogP) is 1.67. The molecule has 2 aliphatic heterocycles. The fourth-order valence-corrected chi connectivity index (χ4v) is 4.14. The standard InChI is InChI=1S/C21H32N4O3/c1-4-5-6-7-12-24-14-19-23(3)22(2)15-20(27)25(19)18(21(24)28)13-16-8-10-17(26)11-9-16/h8-11,18-19,26H,4-7,12-15H2,1-3H3/t18?,19-/m1/s1. The lowest BCUT2D eigenvalue weighted by Gasteiger charge is -2.54. The number of hydrogen-bond acceptors (Lipinski definition) is 5. The Kier molecular flexibility index (Phi) is 6.57. The third-order valence-electron chi connectivity index (χ3n) is 5.91. The molecule has 7 heteroatoms. The maximum atomic E-state index is 13.3. The summed E-state index contributed by atoms with van der Waals surface area (Å²) in [5.41, 5.74) is 0.942. The molecule has 1 aromatic carbocycles. The van der Waals surface area contributed by atoms with Gasteiger partial charge in [-0.25, -0.2) is 10.0 Å². The zero-order chi connectivity index (χ0) is 20.3. The van der Waals surface area contributed by atoms with Crippen LogP contribution < -0.4 is 0 Å². The number of unbranched alkanes of at least 4 members (excludes halogenated alkanes) is 3. The molecule has 2 saturated heterocycles. The lowest BCUT2D eigenvalue weighted by molar-refractivity contribution is -0.193. The van der Waals surface area contributed by atoms with E-state index in [0.717, 1.165) is 31.4 Å². The molecule has 2 aliphatic rings. The quantitative estimate of drug-likeness (QED) is 0.720. The Morgan fingerprint density at radius 3 is 2.46 bits per heavy atom. The van der Waals surface area contributed by atoms with Gasteiger partial charge in [-0.1, -0.05) is 38.3 Å². The second-order valence-electron chi connectivity index (χ2n) is 7.90. The maximum absolute atomic E-state index is 13.3. The molecule has 0 aliphatic carbocycles. The minimum absolute atomic E-state index is 0.00615. The second kappa shape index (κ2) is 8.92. The number of likely N-dealkylation sites (N-methyl/N-ethyl adjacent to an activating group) is 2. The molecule has 2 amide bonds. The van der Waals surface area contributed by atoms with E-state index in [1.165, 1.54) is 6.42 Å². The van der Waals surface area contributed by atoms with Gasteiger partial charge < -0.3 is 14.9 Å². The van der Waals surface area contributed by atoms with Gasteiger partial charge in [-0.15, -0.1) is 0 Å². The molecule has 7 nitrogen and oxygen atoms in total. The van der Waals surface area contributed by atoms with Crippen LogP contribution in [0.1, 0.15) is 38.2 Å². The van der Waals surface area contributed by atoms with Gasteiger partial charge in [0.25, 0.3) is 0 Å². The Bertz CT molecular complexity index is 693. The summed E-state index contributed by atoms with van der Waals surface area (Å²) in [6.45, 7) is 3.74. The van der Waals surface area contributed by atoms with Crippen molar-refractivity contribution < 1.29 is 14.7 Å². The van der Waals surface area contributed by atoms with E-state index in [2.05, 4.69) is 11.9 Å². The molecule has 3 rings (SSSR count). The summed E-state index contributed by atoms with van der Waals surface area (Å²) < 4.78 is 0. The molecule has 1 aromatic rings. The van der Waals surface area contributed by atoms with Gasteiger partial charge in [0.2, 0.25) is 11.8 Å². The largest absolute Gasteiger partial charge is 0.508 e. The molecule has 2 fully saturated rings. The van der Waals surface area contributed by atoms with E-state index in [4.69, 9.17) is 0 Å². The van der Waals surface area contributed by atoms with Crippen molar-refractivity contribution in [3.8, 4) is 5.75 Å². The topological polar surface area (TPSA) is 67.3 Å². The molecule has 0 radical (unpaired) electrons. The summed E-state index contributed by atoms with van der Waals surface area (Å²) in [7, 11) is 3.89. The number of benzene rings is 1. The SMILES string of the molecule is CCCCCCN1C[C@H]2N(C(=O)CN(C)N2C)C(Cc2ccc(O)cc2)C1=O. The average molecular weight is 389 g/mol. The average Bonchev–Trinajstić information content (AvgIpc) is 2.67. The van der Waals surface area contributed by atoms with Crippen molar-refractivity contribution in [1.82, 2.24) is 19.8 Å². The van der Waals surface area contributed by atoms with Crippen LogP contribution in [0.25, 0.3) is 0 Å². The molecule has 154 valence electrons. The number of aromatic hydroxyl groups is 1. The third-order valence-corrected chi connectivity index (χ3v) is 5.91. The molecule has 1 unspecified atom stereocenters. The number of nitrogens with zero attached hydrogens (tertiary/aromatic N) is 4. The molecule has 1 N–H and O–H groups in total. The van der Waals surface area contributed by atoms with Gasteiger partial charge in [0.15, 0.2) is 0 Å². The monoisotopic (exact) mass is 388 g/mol. The van der Waals surface area contributed by atoms with Gasteiger partial charge in [-0.05, 0) is 24.1 Å². The van der Waals surface area contributed by atoms with Crippen LogP contribution in [0.2, 0.25) is 0 Å². The van der Waals surface area contributed by atoms with Crippen LogP contribution in [0.4, 0.5) is 0 Å². The summed E-state index contributed by atoms with van der Waals surface area (Å²) in [4.78, 5) is 29.8. The van der Waals surface area contributed by atoms with Crippen LogP contribution in [0, 0.1) is 0 Å². The molecule has 0 bridgehead atoms. The van der Waals surface area contributed by atoms with Crippen molar-refractivity contribution in [2.45, 2.75) is 51.2 Å². The highest BCUT2D eigenvalue weighted by Gasteiger charge is 2.47. The highest BCUT2D eigenvalue weighted by Crippen LogP contribution is 2.27. The van der Waals surface area contributed by atoms with Crippen molar-refractivity contribution in [1.29, 1.82) is 0 Å². The summed E-state index contributed by atoms with van der Waals surface area (Å²) in [5.74, 6) is 0.227. The Hall–Kier alpha value is -2.12. The minimum atomic E-state index is -0.502. The number of fused-ring (bicyclic) bond motifs is 1. The number of hydrogen-bond donors (Lipinski definition) is 1. The first-order valence-electron chi connectivity index (χ1n) is 10.2. The molecule has 2 atom stereocenters. The fraction of sp³-hybridized carbons (Fsp3) is 0.619. The Morgan fingerprint density at radius 2 is 1.79 bits per heavy atom. The number of hydrazine groups is 1. The highest BCUT2D eigenvalue weighted by atomic mass is 16.3. The normalized spacial score (nSPS) is 24.0. The lowest BCUT2D eigenvalue weighted by Crippen LogP contribution is -2.73. The first-order chi connectivity index (χ1) is 13.4. The smallest absolute Gasteiger partial charge is 0.245 e. The summed E-state index contributed by atoms with van der Waals surface area (Å²) in [6, 6.07) is 6.39. The van der Waals surface area contributed by atoms with Crippen LogP contribution in [0.5, 0.6) is 5.75 Å². The van der Waals surface area contributed by atoms with E-state index in [0.29, 0.717) is 13.0 Å². The van der Waals surface area contributed by atoms with E-state index in [1.54, 1.807) is 17.0 Å². The summed E-state index contributed by atoms with van der Waals surface area (Å²) in [6.07, 6.45) is 4.77. The number of phenolic OH excluding ortho intramolecular Hbond substituents is 1. The number of amides is 2. The van der Waals surface area contributed by atoms with Crippen molar-refractivity contribution in [2.75, 3.05) is 33.7 Å². The first kappa shape index (κ1) is 20.6. The molecular formula is C21H32N4O3. The summed E-state index contributed by atoms with van der Waals surface area (Å²) >= 11 is 0. The van der Waals surface area contributed by atoms with Gasteiger partial charge in [-0.3, -0.25) is 9.59 Å². The fourth-order valence-electron chi connectivity index (χ4n) is 4.14. The maximum Gasteiger partial charge on any atom is 0.245 e. The predicted molar refractivity (Wildman–Crippen MR) is 107 cm³/mol. The van der Waals surface area contributed by atoms with Gasteiger partial charge in [-0.2, -0.15) is 0 Å². The van der Waals surface area contributed by atoms with E-state index in [1.807, 2.05) is 36.1 Å². The zero-order valence-electron chi connectivity index (χ0n) is 17.2. The Labute approximate surface area is 167 Å². The van der Waals surface area contributed by atoms with Crippen LogP contribution in [0.15, 0.2) is 24.3 Å². The number of carbonyl (C=O) groups is 2. The van der Waals surface area contributed by atoms with Crippen molar-refractivity contribution >= 4 is 11.8 Å². The molecule has 0 spiro atoms. The number of piperazine rings is 1. The van der Waals surface area contributed by atoms with E-state index in [-0.39, 0.29) is 30.3 Å². The molecular weight excluding hydrogens is 356 g/mol. The van der Waals surface area contributed by atoms with E-state index < -0.39 is 6.04 Å². The number of phenols is 1. The van der Waals surface area contributed by atoms with Crippen LogP contribution in [0.3, 0.4) is 0 Å². The van der Waals surface area contributed by atoms with Crippen LogP contribution >= 0.6 is 0 Å². The molecule has 28 heavy (non-hydrogen) atoms. The van der Waals surface area contributed by atoms with Gasteiger partial charge in [0.1, 0.15) is 18.0 Å². The highest BCUT2D eigenvalue weighted by molar-refractivity contribution is 5.90. The van der Waals surface area contributed by atoms with E-state index >= 15 is 0 Å². The van der Waals surface area contributed by atoms with E-state index in [9.17, 15) is 14.7 Å². The first-order valence-corrected chi connectivity index (χ1v) is 10.2. The molecule has 0 saturated carbocycles. The van der Waals surface area contributed by atoms with Crippen molar-refractivity contribution in [3.63, 3.8) is 0 Å². The number of rotatable bonds is 7. The third kappa shape index (κ3) is 4.31. The minimum Gasteiger partial charge on any atom is -0.508 e. The molecule has 0 aromatic heterocycles. The Morgan fingerprint density at radius 1 is 1.07 bits per heavy atom. The van der Waals surface area contributed by atoms with Gasteiger partial charge in [0.05, 0.1) is 13.1 Å². The zero-order valence-corrected chi connectivity index (χ0v) is 17.2. The van der Waals surface area contributed by atoms with Crippen molar-refractivity contribution in [2.24, 2.45) is 0 Å².